The fourth-order valence-electron chi connectivity index (χ4n) is 3.75. The molecule has 1 atom stereocenters. The molecule has 0 bridgehead atoms. The molecule has 0 aliphatic carbocycles. The van der Waals surface area contributed by atoms with E-state index in [1.807, 2.05) is 30.3 Å². The van der Waals surface area contributed by atoms with Crippen LogP contribution in [-0.4, -0.2) is 60.8 Å². The largest absolute Gasteiger partial charge is 0.491 e. The van der Waals surface area contributed by atoms with Crippen molar-refractivity contribution in [2.24, 2.45) is 5.92 Å². The van der Waals surface area contributed by atoms with Crippen molar-refractivity contribution in [2.75, 3.05) is 32.8 Å². The first kappa shape index (κ1) is 23.8. The van der Waals surface area contributed by atoms with Gasteiger partial charge in [0.05, 0.1) is 12.2 Å². The van der Waals surface area contributed by atoms with Crippen molar-refractivity contribution in [3.8, 4) is 5.75 Å². The second-order valence-corrected chi connectivity index (χ2v) is 7.99. The Morgan fingerprint density at radius 2 is 1.78 bits per heavy atom. The van der Waals surface area contributed by atoms with E-state index >= 15 is 0 Å². The summed E-state index contributed by atoms with van der Waals surface area (Å²) in [5.74, 6) is 0.340. The van der Waals surface area contributed by atoms with E-state index in [1.165, 1.54) is 0 Å². The maximum atomic E-state index is 12.4. The van der Waals surface area contributed by atoms with Gasteiger partial charge in [-0.05, 0) is 62.7 Å². The van der Waals surface area contributed by atoms with Gasteiger partial charge < -0.3 is 24.8 Å². The van der Waals surface area contributed by atoms with Crippen molar-refractivity contribution >= 4 is 11.9 Å². The lowest BCUT2D eigenvalue weighted by atomic mass is 9.95. The summed E-state index contributed by atoms with van der Waals surface area (Å²) in [6, 6.07) is 16.6. The Morgan fingerprint density at radius 1 is 1.09 bits per heavy atom. The van der Waals surface area contributed by atoms with Crippen LogP contribution in [0.1, 0.15) is 35.7 Å². The number of nitrogens with one attached hydrogen (secondary N) is 1. The monoisotopic (exact) mass is 440 g/mol. The van der Waals surface area contributed by atoms with Crippen molar-refractivity contribution in [2.45, 2.75) is 32.4 Å². The van der Waals surface area contributed by atoms with Crippen LogP contribution < -0.4 is 10.1 Å². The molecule has 1 aliphatic rings. The summed E-state index contributed by atoms with van der Waals surface area (Å²) in [6.45, 7) is 4.86. The van der Waals surface area contributed by atoms with E-state index in [0.29, 0.717) is 31.0 Å². The molecule has 1 amide bonds. The van der Waals surface area contributed by atoms with Crippen LogP contribution in [0.4, 0.5) is 0 Å². The fourth-order valence-corrected chi connectivity index (χ4v) is 3.75. The molecule has 2 aromatic carbocycles. The Balaban J connectivity index is 1.34. The lowest BCUT2D eigenvalue weighted by Crippen LogP contribution is -2.44. The van der Waals surface area contributed by atoms with Gasteiger partial charge >= 0.3 is 5.97 Å². The molecule has 1 saturated heterocycles. The highest BCUT2D eigenvalue weighted by Gasteiger charge is 2.26. The molecular weight excluding hydrogens is 408 g/mol. The van der Waals surface area contributed by atoms with E-state index in [2.05, 4.69) is 10.2 Å². The van der Waals surface area contributed by atoms with E-state index in [4.69, 9.17) is 9.47 Å². The minimum atomic E-state index is -0.636. The first-order chi connectivity index (χ1) is 15.5. The lowest BCUT2D eigenvalue weighted by molar-refractivity contribution is -0.126. The summed E-state index contributed by atoms with van der Waals surface area (Å²) in [5, 5.41) is 13.4. The van der Waals surface area contributed by atoms with Crippen LogP contribution in [0.3, 0.4) is 0 Å². The molecule has 0 spiro atoms. The quantitative estimate of drug-likeness (QED) is 0.552. The number of carbonyl (C=O) groups excluding carboxylic acids is 2. The molecule has 32 heavy (non-hydrogen) atoms. The van der Waals surface area contributed by atoms with Crippen LogP contribution in [-0.2, 0) is 16.1 Å². The maximum Gasteiger partial charge on any atom is 0.338 e. The Bertz CT molecular complexity index is 848. The molecule has 172 valence electrons. The molecule has 0 aromatic heterocycles. The van der Waals surface area contributed by atoms with Gasteiger partial charge in [0.1, 0.15) is 18.5 Å². The Hall–Kier alpha value is -2.90. The highest BCUT2D eigenvalue weighted by molar-refractivity contribution is 5.89. The topological polar surface area (TPSA) is 88.1 Å². The number of benzene rings is 2. The summed E-state index contributed by atoms with van der Waals surface area (Å²) in [5.41, 5.74) is 1.56. The molecule has 1 fully saturated rings. The minimum Gasteiger partial charge on any atom is -0.491 e. The third-order valence-electron chi connectivity index (χ3n) is 5.54. The van der Waals surface area contributed by atoms with Crippen LogP contribution in [0, 0.1) is 5.92 Å². The minimum absolute atomic E-state index is 0.0151. The number of hydrogen-bond donors (Lipinski definition) is 2. The number of esters is 1. The van der Waals surface area contributed by atoms with Gasteiger partial charge in [0.25, 0.3) is 0 Å². The van der Waals surface area contributed by atoms with E-state index in [1.54, 1.807) is 31.2 Å². The molecule has 7 nitrogen and oxygen atoms in total. The van der Waals surface area contributed by atoms with E-state index in [-0.39, 0.29) is 24.4 Å². The third kappa shape index (κ3) is 7.35. The third-order valence-corrected chi connectivity index (χ3v) is 5.54. The van der Waals surface area contributed by atoms with E-state index in [0.717, 1.165) is 31.5 Å². The molecule has 0 saturated carbocycles. The highest BCUT2D eigenvalue weighted by atomic mass is 16.5. The molecule has 2 N–H and O–H groups in total. The number of hydrogen-bond acceptors (Lipinski definition) is 6. The zero-order chi connectivity index (χ0) is 22.8. The number of β-amino-alcohol motifs (C(OH)–C–C–N with tert-alkyl or cyclic N) is 1. The average Bonchev–Trinajstić information content (AvgIpc) is 2.83. The van der Waals surface area contributed by atoms with Gasteiger partial charge in [-0.2, -0.15) is 0 Å². The smallest absolute Gasteiger partial charge is 0.338 e. The summed E-state index contributed by atoms with van der Waals surface area (Å²) in [7, 11) is 0. The van der Waals surface area contributed by atoms with Crippen molar-refractivity contribution in [3.63, 3.8) is 0 Å². The molecule has 7 heteroatoms. The second-order valence-electron chi connectivity index (χ2n) is 7.99. The Labute approximate surface area is 189 Å². The summed E-state index contributed by atoms with van der Waals surface area (Å²) >= 11 is 0. The van der Waals surface area contributed by atoms with Gasteiger partial charge in [0, 0.05) is 19.0 Å². The number of aliphatic hydroxyl groups excluding tert-OH is 1. The molecule has 1 heterocycles. The average molecular weight is 441 g/mol. The van der Waals surface area contributed by atoms with Gasteiger partial charge in [-0.3, -0.25) is 4.79 Å². The van der Waals surface area contributed by atoms with Crippen molar-refractivity contribution in [1.82, 2.24) is 10.2 Å². The van der Waals surface area contributed by atoms with Crippen LogP contribution in [0.15, 0.2) is 54.6 Å². The summed E-state index contributed by atoms with van der Waals surface area (Å²) < 4.78 is 10.6. The number of piperidine rings is 1. The SMILES string of the molecule is CCOC(=O)c1ccc(OCC(O)CN2CCC(C(=O)NCc3ccccc3)CC2)cc1. The molecular formula is C25H32N2O5. The normalized spacial score (nSPS) is 15.7. The first-order valence-corrected chi connectivity index (χ1v) is 11.2. The lowest BCUT2D eigenvalue weighted by Gasteiger charge is -2.32. The number of amides is 1. The molecule has 2 aromatic rings. The van der Waals surface area contributed by atoms with Gasteiger partial charge in [-0.25, -0.2) is 4.79 Å². The number of ether oxygens (including phenoxy) is 2. The highest BCUT2D eigenvalue weighted by Crippen LogP contribution is 2.18. The predicted octanol–water partition coefficient (Wildman–Crippen LogP) is 2.63. The van der Waals surface area contributed by atoms with Gasteiger partial charge in [-0.1, -0.05) is 30.3 Å². The predicted molar refractivity (Wildman–Crippen MR) is 121 cm³/mol. The van der Waals surface area contributed by atoms with Gasteiger partial charge in [-0.15, -0.1) is 0 Å². The summed E-state index contributed by atoms with van der Waals surface area (Å²) in [6.07, 6.45) is 0.927. The van der Waals surface area contributed by atoms with E-state index < -0.39 is 6.10 Å². The maximum absolute atomic E-state index is 12.4. The molecule has 0 radical (unpaired) electrons. The van der Waals surface area contributed by atoms with Crippen LogP contribution in [0.25, 0.3) is 0 Å². The Kier molecular flexibility index (Phi) is 9.07. The zero-order valence-corrected chi connectivity index (χ0v) is 18.5. The number of aliphatic hydroxyl groups is 1. The first-order valence-electron chi connectivity index (χ1n) is 11.2. The zero-order valence-electron chi connectivity index (χ0n) is 18.5. The number of nitrogens with zero attached hydrogens (tertiary/aromatic N) is 1. The number of carbonyl (C=O) groups is 2. The summed E-state index contributed by atoms with van der Waals surface area (Å²) in [4.78, 5) is 26.3. The van der Waals surface area contributed by atoms with Gasteiger partial charge in [0.15, 0.2) is 0 Å². The number of rotatable bonds is 10. The van der Waals surface area contributed by atoms with Crippen molar-refractivity contribution < 1.29 is 24.2 Å². The second kappa shape index (κ2) is 12.2. The van der Waals surface area contributed by atoms with E-state index in [9.17, 15) is 14.7 Å². The molecule has 1 unspecified atom stereocenters. The Morgan fingerprint density at radius 3 is 2.44 bits per heavy atom. The number of likely N-dealkylation sites (tertiary alicyclic amines) is 1. The van der Waals surface area contributed by atoms with Crippen LogP contribution in [0.2, 0.25) is 0 Å². The van der Waals surface area contributed by atoms with Crippen LogP contribution >= 0.6 is 0 Å². The van der Waals surface area contributed by atoms with Crippen molar-refractivity contribution in [1.29, 1.82) is 0 Å². The molecule has 1 aliphatic heterocycles. The van der Waals surface area contributed by atoms with Crippen molar-refractivity contribution in [3.05, 3.63) is 65.7 Å². The van der Waals surface area contributed by atoms with Gasteiger partial charge in [0.2, 0.25) is 5.91 Å². The molecule has 3 rings (SSSR count). The fraction of sp³-hybridized carbons (Fsp3) is 0.440. The van der Waals surface area contributed by atoms with Crippen LogP contribution in [0.5, 0.6) is 5.75 Å². The standard InChI is InChI=1S/C25H32N2O5/c1-2-31-25(30)21-8-10-23(11-9-21)32-18-22(28)17-27-14-12-20(13-15-27)24(29)26-16-19-6-4-3-5-7-19/h3-11,20,22,28H,2,12-18H2,1H3,(H,26,29).